The van der Waals surface area contributed by atoms with Crippen LogP contribution in [0.4, 0.5) is 4.39 Å². The van der Waals surface area contributed by atoms with Crippen molar-refractivity contribution in [2.75, 3.05) is 0 Å². The van der Waals surface area contributed by atoms with Crippen molar-refractivity contribution in [3.63, 3.8) is 0 Å². The Kier molecular flexibility index (Phi) is 3.27. The Bertz CT molecular complexity index is 986. The smallest absolute Gasteiger partial charge is 0.149 e. The molecule has 1 aliphatic rings. The first-order valence-corrected chi connectivity index (χ1v) is 8.18. The van der Waals surface area contributed by atoms with Gasteiger partial charge < -0.3 is 0 Å². The summed E-state index contributed by atoms with van der Waals surface area (Å²) < 4.78 is 13.9. The lowest BCUT2D eigenvalue weighted by molar-refractivity contribution is 0.512. The predicted molar refractivity (Wildman–Crippen MR) is 96.3 cm³/mol. The Morgan fingerprint density at radius 3 is 2.71 bits per heavy atom. The summed E-state index contributed by atoms with van der Waals surface area (Å²) in [7, 11) is 0. The molecule has 2 aromatic carbocycles. The number of nitrogens with zero attached hydrogens (tertiary/aromatic N) is 2. The van der Waals surface area contributed by atoms with E-state index in [4.69, 9.17) is 4.99 Å². The summed E-state index contributed by atoms with van der Waals surface area (Å²) >= 11 is 0. The van der Waals surface area contributed by atoms with Crippen LogP contribution in [-0.4, -0.2) is 16.2 Å². The van der Waals surface area contributed by atoms with Crippen molar-refractivity contribution in [1.82, 2.24) is 4.98 Å². The molecule has 0 N–H and O–H groups in total. The molecule has 0 aliphatic carbocycles. The third-order valence-electron chi connectivity index (χ3n) is 4.62. The molecule has 3 aromatic rings. The first-order valence-electron chi connectivity index (χ1n) is 8.18. The molecule has 0 radical (unpaired) electrons. The molecule has 0 saturated heterocycles. The minimum absolute atomic E-state index is 0.161. The van der Waals surface area contributed by atoms with Crippen LogP contribution in [0.15, 0.2) is 53.7 Å². The Morgan fingerprint density at radius 1 is 1.08 bits per heavy atom. The maximum atomic E-state index is 13.9. The van der Waals surface area contributed by atoms with Crippen molar-refractivity contribution < 1.29 is 4.39 Å². The quantitative estimate of drug-likeness (QED) is 0.629. The molecular weight excluding hydrogens is 299 g/mol. The van der Waals surface area contributed by atoms with Crippen LogP contribution in [0.2, 0.25) is 0 Å². The molecular formula is C21H19FN2. The molecule has 0 fully saturated rings. The van der Waals surface area contributed by atoms with Crippen molar-refractivity contribution in [3.8, 4) is 0 Å². The minimum Gasteiger partial charge on any atom is -0.278 e. The number of aliphatic imine (C=N–C) groups is 1. The SMILES string of the molecule is Cc1cccc2c1CC(C)(C)N=C2c1cnc2c(F)cccc2c1. The molecule has 0 bridgehead atoms. The summed E-state index contributed by atoms with van der Waals surface area (Å²) in [6.07, 6.45) is 2.66. The van der Waals surface area contributed by atoms with Crippen LogP contribution in [0.25, 0.3) is 10.9 Å². The number of pyridine rings is 1. The van der Waals surface area contributed by atoms with E-state index < -0.39 is 0 Å². The monoisotopic (exact) mass is 318 g/mol. The maximum Gasteiger partial charge on any atom is 0.149 e. The zero-order valence-electron chi connectivity index (χ0n) is 14.1. The van der Waals surface area contributed by atoms with Crippen LogP contribution in [0.1, 0.15) is 36.1 Å². The molecule has 2 heterocycles. The summed E-state index contributed by atoms with van der Waals surface area (Å²) in [4.78, 5) is 9.32. The fourth-order valence-corrected chi connectivity index (χ4v) is 3.47. The first-order chi connectivity index (χ1) is 11.4. The van der Waals surface area contributed by atoms with Crippen LogP contribution in [0.3, 0.4) is 0 Å². The van der Waals surface area contributed by atoms with Gasteiger partial charge in [0.05, 0.1) is 11.3 Å². The molecule has 0 saturated carbocycles. The van der Waals surface area contributed by atoms with Crippen LogP contribution in [-0.2, 0) is 6.42 Å². The number of para-hydroxylation sites is 1. The number of aromatic nitrogens is 1. The van der Waals surface area contributed by atoms with Crippen molar-refractivity contribution in [1.29, 1.82) is 0 Å². The minimum atomic E-state index is -0.291. The summed E-state index contributed by atoms with van der Waals surface area (Å²) in [6.45, 7) is 6.44. The maximum absolute atomic E-state index is 13.9. The van der Waals surface area contributed by atoms with E-state index in [-0.39, 0.29) is 11.4 Å². The highest BCUT2D eigenvalue weighted by Crippen LogP contribution is 2.31. The van der Waals surface area contributed by atoms with Gasteiger partial charge >= 0.3 is 0 Å². The van der Waals surface area contributed by atoms with E-state index in [0.717, 1.165) is 28.6 Å². The molecule has 3 heteroatoms. The normalized spacial score (nSPS) is 15.9. The average molecular weight is 318 g/mol. The van der Waals surface area contributed by atoms with E-state index in [0.29, 0.717) is 5.52 Å². The van der Waals surface area contributed by atoms with Crippen molar-refractivity contribution in [2.45, 2.75) is 32.7 Å². The van der Waals surface area contributed by atoms with E-state index in [1.165, 1.54) is 17.2 Å². The van der Waals surface area contributed by atoms with Crippen molar-refractivity contribution in [3.05, 3.63) is 76.7 Å². The van der Waals surface area contributed by atoms with Crippen molar-refractivity contribution in [2.24, 2.45) is 4.99 Å². The van der Waals surface area contributed by atoms with E-state index >= 15 is 0 Å². The topological polar surface area (TPSA) is 25.2 Å². The third kappa shape index (κ3) is 2.41. The lowest BCUT2D eigenvalue weighted by atomic mass is 9.83. The van der Waals surface area contributed by atoms with E-state index in [1.807, 2.05) is 12.1 Å². The number of halogens is 1. The van der Waals surface area contributed by atoms with Gasteiger partial charge in [-0.05, 0) is 50.5 Å². The lowest BCUT2D eigenvalue weighted by Crippen LogP contribution is -2.30. The first kappa shape index (κ1) is 15.0. The molecule has 1 aromatic heterocycles. The molecule has 0 unspecified atom stereocenters. The predicted octanol–water partition coefficient (Wildman–Crippen LogP) is 4.85. The number of hydrogen-bond acceptors (Lipinski definition) is 2. The molecule has 2 nitrogen and oxygen atoms in total. The standard InChI is InChI=1S/C21H19FN2/c1-13-6-4-8-16-17(13)11-21(2,3)24-19(16)15-10-14-7-5-9-18(22)20(14)23-12-15/h4-10,12H,11H2,1-3H3. The highest BCUT2D eigenvalue weighted by atomic mass is 19.1. The zero-order chi connectivity index (χ0) is 16.9. The zero-order valence-corrected chi connectivity index (χ0v) is 14.1. The second-order valence-electron chi connectivity index (χ2n) is 7.09. The van der Waals surface area contributed by atoms with Gasteiger partial charge in [0.25, 0.3) is 0 Å². The van der Waals surface area contributed by atoms with Gasteiger partial charge in [-0.2, -0.15) is 0 Å². The van der Waals surface area contributed by atoms with Gasteiger partial charge in [0, 0.05) is 22.7 Å². The molecule has 1 aliphatic heterocycles. The van der Waals surface area contributed by atoms with Crippen LogP contribution in [0.5, 0.6) is 0 Å². The molecule has 0 spiro atoms. The van der Waals surface area contributed by atoms with Crippen LogP contribution >= 0.6 is 0 Å². The molecule has 0 amide bonds. The highest BCUT2D eigenvalue weighted by molar-refractivity contribution is 6.15. The van der Waals surface area contributed by atoms with Crippen molar-refractivity contribution >= 4 is 16.6 Å². The van der Waals surface area contributed by atoms with E-state index in [1.54, 1.807) is 12.3 Å². The Morgan fingerprint density at radius 2 is 1.88 bits per heavy atom. The molecule has 0 atom stereocenters. The fourth-order valence-electron chi connectivity index (χ4n) is 3.47. The Hall–Kier alpha value is -2.55. The molecule has 24 heavy (non-hydrogen) atoms. The van der Waals surface area contributed by atoms with Gasteiger partial charge in [-0.25, -0.2) is 4.39 Å². The number of fused-ring (bicyclic) bond motifs is 2. The summed E-state index contributed by atoms with van der Waals surface area (Å²) in [5.74, 6) is -0.291. The number of hydrogen-bond donors (Lipinski definition) is 0. The second-order valence-corrected chi connectivity index (χ2v) is 7.09. The summed E-state index contributed by atoms with van der Waals surface area (Å²) in [5.41, 5.74) is 5.91. The van der Waals surface area contributed by atoms with Gasteiger partial charge in [0.1, 0.15) is 11.3 Å². The summed E-state index contributed by atoms with van der Waals surface area (Å²) in [6, 6.07) is 13.4. The van der Waals surface area contributed by atoms with Gasteiger partial charge in [0.2, 0.25) is 0 Å². The third-order valence-corrected chi connectivity index (χ3v) is 4.62. The molecule has 4 rings (SSSR count). The summed E-state index contributed by atoms with van der Waals surface area (Å²) in [5, 5.41) is 0.799. The number of benzene rings is 2. The van der Waals surface area contributed by atoms with E-state index in [2.05, 4.69) is 44.0 Å². The van der Waals surface area contributed by atoms with Gasteiger partial charge in [-0.1, -0.05) is 30.3 Å². The second kappa shape index (κ2) is 5.23. The van der Waals surface area contributed by atoms with Crippen LogP contribution < -0.4 is 0 Å². The van der Waals surface area contributed by atoms with E-state index in [9.17, 15) is 4.39 Å². The highest BCUT2D eigenvalue weighted by Gasteiger charge is 2.28. The van der Waals surface area contributed by atoms with Gasteiger partial charge in [-0.3, -0.25) is 9.98 Å². The lowest BCUT2D eigenvalue weighted by Gasteiger charge is -2.30. The van der Waals surface area contributed by atoms with Gasteiger partial charge in [0.15, 0.2) is 0 Å². The average Bonchev–Trinajstić information content (AvgIpc) is 2.54. The van der Waals surface area contributed by atoms with Crippen LogP contribution in [0, 0.1) is 12.7 Å². The van der Waals surface area contributed by atoms with Gasteiger partial charge in [-0.15, -0.1) is 0 Å². The Labute approximate surface area is 141 Å². The Balaban J connectivity index is 1.95. The number of rotatable bonds is 1. The largest absolute Gasteiger partial charge is 0.278 e. The number of aryl methyl sites for hydroxylation is 1. The molecule has 120 valence electrons. The fraction of sp³-hybridized carbons (Fsp3) is 0.238.